The van der Waals surface area contributed by atoms with Crippen LogP contribution in [0.4, 0.5) is 0 Å². The lowest BCUT2D eigenvalue weighted by atomic mass is 10.1. The lowest BCUT2D eigenvalue weighted by molar-refractivity contribution is -0.143. The van der Waals surface area contributed by atoms with Gasteiger partial charge < -0.3 is 10.4 Å². The van der Waals surface area contributed by atoms with E-state index in [0.29, 0.717) is 19.3 Å². The van der Waals surface area contributed by atoms with Gasteiger partial charge in [-0.1, -0.05) is 6.07 Å². The fourth-order valence-electron chi connectivity index (χ4n) is 1.85. The molecule has 1 saturated carbocycles. The van der Waals surface area contributed by atoms with Crippen molar-refractivity contribution in [3.8, 4) is 0 Å². The molecule has 5 heteroatoms. The first kappa shape index (κ1) is 13.1. The summed E-state index contributed by atoms with van der Waals surface area (Å²) in [5.74, 6) is -0.833. The first-order chi connectivity index (χ1) is 8.62. The first-order valence-corrected chi connectivity index (χ1v) is 7.03. The van der Waals surface area contributed by atoms with Crippen molar-refractivity contribution in [3.05, 3.63) is 22.4 Å². The van der Waals surface area contributed by atoms with Gasteiger partial charge in [0.05, 0.1) is 5.41 Å². The van der Waals surface area contributed by atoms with Crippen LogP contribution >= 0.6 is 11.3 Å². The van der Waals surface area contributed by atoms with Crippen LogP contribution < -0.4 is 5.32 Å². The van der Waals surface area contributed by atoms with Gasteiger partial charge in [0.15, 0.2) is 0 Å². The summed E-state index contributed by atoms with van der Waals surface area (Å²) in [5.41, 5.74) is -0.663. The number of carboxylic acids is 1. The van der Waals surface area contributed by atoms with Crippen molar-refractivity contribution in [2.75, 3.05) is 6.54 Å². The molecule has 18 heavy (non-hydrogen) atoms. The monoisotopic (exact) mass is 267 g/mol. The number of carbonyl (C=O) groups excluding carboxylic acids is 1. The number of hydrogen-bond acceptors (Lipinski definition) is 3. The van der Waals surface area contributed by atoms with E-state index < -0.39 is 11.4 Å². The fraction of sp³-hybridized carbons (Fsp3) is 0.538. The van der Waals surface area contributed by atoms with E-state index in [-0.39, 0.29) is 12.5 Å². The number of amides is 1. The van der Waals surface area contributed by atoms with Gasteiger partial charge in [-0.05, 0) is 37.1 Å². The van der Waals surface area contributed by atoms with Gasteiger partial charge in [0.25, 0.3) is 0 Å². The molecule has 0 aliphatic heterocycles. The molecule has 0 saturated heterocycles. The summed E-state index contributed by atoms with van der Waals surface area (Å²) in [4.78, 5) is 23.8. The largest absolute Gasteiger partial charge is 0.481 e. The van der Waals surface area contributed by atoms with E-state index in [9.17, 15) is 9.59 Å². The van der Waals surface area contributed by atoms with E-state index in [2.05, 4.69) is 11.4 Å². The Morgan fingerprint density at radius 1 is 1.44 bits per heavy atom. The van der Waals surface area contributed by atoms with Gasteiger partial charge in [-0.15, -0.1) is 11.3 Å². The minimum atomic E-state index is -0.790. The highest BCUT2D eigenvalue weighted by atomic mass is 32.1. The summed E-state index contributed by atoms with van der Waals surface area (Å²) >= 11 is 1.70. The number of rotatable bonds is 7. The zero-order valence-electron chi connectivity index (χ0n) is 10.1. The van der Waals surface area contributed by atoms with Gasteiger partial charge in [0.1, 0.15) is 0 Å². The second-order valence-corrected chi connectivity index (χ2v) is 5.83. The predicted molar refractivity (Wildman–Crippen MR) is 69.6 cm³/mol. The molecule has 0 unspecified atom stereocenters. The Morgan fingerprint density at radius 3 is 2.78 bits per heavy atom. The fourth-order valence-corrected chi connectivity index (χ4v) is 2.60. The SMILES string of the molecule is O=C(CCCc1cccs1)NCC1(C(=O)O)CC1. The number of hydrogen-bond donors (Lipinski definition) is 2. The highest BCUT2D eigenvalue weighted by molar-refractivity contribution is 7.09. The van der Waals surface area contributed by atoms with E-state index >= 15 is 0 Å². The van der Waals surface area contributed by atoms with Crippen LogP contribution in [0.3, 0.4) is 0 Å². The van der Waals surface area contributed by atoms with Crippen LogP contribution in [-0.2, 0) is 16.0 Å². The molecule has 4 nitrogen and oxygen atoms in total. The van der Waals surface area contributed by atoms with Gasteiger partial charge in [-0.25, -0.2) is 0 Å². The molecule has 2 N–H and O–H groups in total. The minimum absolute atomic E-state index is 0.0425. The van der Waals surface area contributed by atoms with Crippen LogP contribution in [0, 0.1) is 5.41 Å². The predicted octanol–water partition coefficient (Wildman–Crippen LogP) is 2.05. The Kier molecular flexibility index (Phi) is 4.01. The van der Waals surface area contributed by atoms with Gasteiger partial charge in [0, 0.05) is 17.8 Å². The number of nitrogens with one attached hydrogen (secondary N) is 1. The smallest absolute Gasteiger partial charge is 0.311 e. The Morgan fingerprint density at radius 2 is 2.22 bits per heavy atom. The molecule has 0 spiro atoms. The molecule has 1 aliphatic rings. The average molecular weight is 267 g/mol. The van der Waals surface area contributed by atoms with Crippen LogP contribution in [0.2, 0.25) is 0 Å². The Labute approximate surface area is 110 Å². The zero-order valence-corrected chi connectivity index (χ0v) is 11.0. The molecule has 1 amide bonds. The standard InChI is InChI=1S/C13H17NO3S/c15-11(5-1-3-10-4-2-8-18-10)14-9-13(6-7-13)12(16)17/h2,4,8H,1,3,5-7,9H2,(H,14,15)(H,16,17). The Bertz CT molecular complexity index is 423. The maximum atomic E-state index is 11.6. The second-order valence-electron chi connectivity index (χ2n) is 4.80. The van der Waals surface area contributed by atoms with E-state index in [1.165, 1.54) is 4.88 Å². The molecule has 1 aromatic rings. The van der Waals surface area contributed by atoms with Crippen LogP contribution in [0.25, 0.3) is 0 Å². The van der Waals surface area contributed by atoms with E-state index in [4.69, 9.17) is 5.11 Å². The first-order valence-electron chi connectivity index (χ1n) is 6.15. The van der Waals surface area contributed by atoms with Crippen molar-refractivity contribution in [3.63, 3.8) is 0 Å². The summed E-state index contributed by atoms with van der Waals surface area (Å²) in [6, 6.07) is 4.07. The number of carboxylic acid groups (broad SMARTS) is 1. The van der Waals surface area contributed by atoms with Gasteiger partial charge in [-0.3, -0.25) is 9.59 Å². The van der Waals surface area contributed by atoms with Crippen molar-refractivity contribution in [1.82, 2.24) is 5.32 Å². The summed E-state index contributed by atoms with van der Waals surface area (Å²) in [6.45, 7) is 0.278. The number of aliphatic carboxylic acids is 1. The molecule has 1 aliphatic carbocycles. The maximum Gasteiger partial charge on any atom is 0.311 e. The van der Waals surface area contributed by atoms with Crippen molar-refractivity contribution in [2.24, 2.45) is 5.41 Å². The van der Waals surface area contributed by atoms with Crippen molar-refractivity contribution in [1.29, 1.82) is 0 Å². The lowest BCUT2D eigenvalue weighted by Crippen LogP contribution is -2.34. The van der Waals surface area contributed by atoms with E-state index in [1.54, 1.807) is 11.3 Å². The molecule has 1 aromatic heterocycles. The molecule has 98 valence electrons. The molecule has 0 aromatic carbocycles. The summed E-state index contributed by atoms with van der Waals surface area (Å²) in [5, 5.41) is 13.7. The number of thiophene rings is 1. The van der Waals surface area contributed by atoms with Crippen molar-refractivity contribution in [2.45, 2.75) is 32.1 Å². The summed E-state index contributed by atoms with van der Waals surface area (Å²) in [6.07, 6.45) is 3.55. The minimum Gasteiger partial charge on any atom is -0.481 e. The lowest BCUT2D eigenvalue weighted by Gasteiger charge is -2.10. The van der Waals surface area contributed by atoms with E-state index in [1.807, 2.05) is 11.4 Å². The molecule has 0 atom stereocenters. The highest BCUT2D eigenvalue weighted by Crippen LogP contribution is 2.45. The Hall–Kier alpha value is -1.36. The van der Waals surface area contributed by atoms with Crippen LogP contribution in [0.5, 0.6) is 0 Å². The number of carbonyl (C=O) groups is 2. The topological polar surface area (TPSA) is 66.4 Å². The van der Waals surface area contributed by atoms with Crippen molar-refractivity contribution < 1.29 is 14.7 Å². The third-order valence-electron chi connectivity index (χ3n) is 3.34. The van der Waals surface area contributed by atoms with Gasteiger partial charge in [0.2, 0.25) is 5.91 Å². The summed E-state index contributed by atoms with van der Waals surface area (Å²) in [7, 11) is 0. The second kappa shape index (κ2) is 5.52. The Balaban J connectivity index is 1.62. The molecular formula is C13H17NO3S. The average Bonchev–Trinajstić information content (AvgIpc) is 2.97. The molecule has 1 heterocycles. The summed E-state index contributed by atoms with van der Waals surface area (Å²) < 4.78 is 0. The number of aryl methyl sites for hydroxylation is 1. The van der Waals surface area contributed by atoms with E-state index in [0.717, 1.165) is 12.8 Å². The molecule has 0 radical (unpaired) electrons. The highest BCUT2D eigenvalue weighted by Gasteiger charge is 2.50. The quantitative estimate of drug-likeness (QED) is 0.794. The zero-order chi connectivity index (χ0) is 13.0. The molecule has 1 fully saturated rings. The molecular weight excluding hydrogens is 250 g/mol. The van der Waals surface area contributed by atoms with Crippen LogP contribution in [-0.4, -0.2) is 23.5 Å². The molecule has 0 bridgehead atoms. The van der Waals surface area contributed by atoms with Gasteiger partial charge >= 0.3 is 5.97 Å². The van der Waals surface area contributed by atoms with Gasteiger partial charge in [-0.2, -0.15) is 0 Å². The third-order valence-corrected chi connectivity index (χ3v) is 4.27. The third kappa shape index (κ3) is 3.32. The maximum absolute atomic E-state index is 11.6. The van der Waals surface area contributed by atoms with Crippen molar-refractivity contribution >= 4 is 23.2 Å². The molecule has 2 rings (SSSR count). The van der Waals surface area contributed by atoms with Crippen LogP contribution in [0.1, 0.15) is 30.6 Å². The normalized spacial score (nSPS) is 16.2. The van der Waals surface area contributed by atoms with Crippen LogP contribution in [0.15, 0.2) is 17.5 Å².